The third-order valence-corrected chi connectivity index (χ3v) is 2.93. The number of rotatable bonds is 5. The summed E-state index contributed by atoms with van der Waals surface area (Å²) in [6.07, 6.45) is 1.04. The van der Waals surface area contributed by atoms with Crippen LogP contribution in [0.2, 0.25) is 0 Å². The van der Waals surface area contributed by atoms with Crippen LogP contribution in [0, 0.1) is 0 Å². The molecule has 0 saturated heterocycles. The van der Waals surface area contributed by atoms with E-state index >= 15 is 0 Å². The summed E-state index contributed by atoms with van der Waals surface area (Å²) in [6, 6.07) is 2.13. The van der Waals surface area contributed by atoms with Gasteiger partial charge in [-0.1, -0.05) is 23.2 Å². The first-order valence-electron chi connectivity index (χ1n) is 3.99. The molecule has 72 valence electrons. The maximum Gasteiger partial charge on any atom is 0.0431 e. The second-order valence-electron chi connectivity index (χ2n) is 2.61. The van der Waals surface area contributed by atoms with Crippen molar-refractivity contribution in [2.24, 2.45) is 0 Å². The lowest BCUT2D eigenvalue weighted by atomic mass is 10.2. The van der Waals surface area contributed by atoms with Crippen molar-refractivity contribution in [1.29, 1.82) is 0 Å². The Morgan fingerprint density at radius 2 is 2.46 bits per heavy atom. The average Bonchev–Trinajstić information content (AvgIpc) is 2.64. The zero-order chi connectivity index (χ0) is 9.52. The van der Waals surface area contributed by atoms with Crippen molar-refractivity contribution in [2.75, 3.05) is 13.1 Å². The zero-order valence-corrected chi connectivity index (χ0v) is 9.42. The monoisotopic (exact) mass is 235 g/mol. The van der Waals surface area contributed by atoms with Gasteiger partial charge in [0.1, 0.15) is 0 Å². The molecule has 1 heterocycles. The van der Waals surface area contributed by atoms with Crippen LogP contribution in [0.25, 0.3) is 0 Å². The molecule has 1 aromatic heterocycles. The van der Waals surface area contributed by atoms with Crippen LogP contribution in [-0.4, -0.2) is 13.1 Å². The highest BCUT2D eigenvalue weighted by atomic mass is 35.5. The molecule has 1 nitrogen and oxygen atoms in total. The van der Waals surface area contributed by atoms with Crippen LogP contribution >= 0.6 is 34.5 Å². The fraction of sp³-hybridized carbons (Fsp3) is 0.333. The summed E-state index contributed by atoms with van der Waals surface area (Å²) in [7, 11) is 0. The Bertz CT molecular complexity index is 257. The van der Waals surface area contributed by atoms with Crippen molar-refractivity contribution in [3.05, 3.63) is 33.0 Å². The Balaban J connectivity index is 2.08. The summed E-state index contributed by atoms with van der Waals surface area (Å²) in [4.78, 5) is 0. The molecule has 13 heavy (non-hydrogen) atoms. The molecular weight excluding hydrogens is 225 g/mol. The quantitative estimate of drug-likeness (QED) is 0.774. The predicted molar refractivity (Wildman–Crippen MR) is 60.7 cm³/mol. The van der Waals surface area contributed by atoms with E-state index in [-0.39, 0.29) is 0 Å². The van der Waals surface area contributed by atoms with Gasteiger partial charge in [0.25, 0.3) is 0 Å². The summed E-state index contributed by atoms with van der Waals surface area (Å²) in [5.74, 6) is 0. The van der Waals surface area contributed by atoms with E-state index in [2.05, 4.69) is 22.1 Å². The van der Waals surface area contributed by atoms with E-state index in [1.807, 2.05) is 0 Å². The number of hydrogen-bond donors (Lipinski definition) is 1. The molecule has 4 heteroatoms. The summed E-state index contributed by atoms with van der Waals surface area (Å²) in [5.41, 5.74) is 2.75. The van der Waals surface area contributed by atoms with Crippen molar-refractivity contribution < 1.29 is 0 Å². The van der Waals surface area contributed by atoms with Gasteiger partial charge in [-0.25, -0.2) is 0 Å². The molecule has 0 radical (unpaired) electrons. The SMILES string of the molecule is ClC=C(Cl)CNCCc1ccsc1. The van der Waals surface area contributed by atoms with Gasteiger partial charge in [0.15, 0.2) is 0 Å². The van der Waals surface area contributed by atoms with Gasteiger partial charge in [-0.2, -0.15) is 11.3 Å². The minimum Gasteiger partial charge on any atom is -0.311 e. The highest BCUT2D eigenvalue weighted by Gasteiger charge is 1.93. The average molecular weight is 236 g/mol. The Kier molecular flexibility index (Phi) is 5.47. The van der Waals surface area contributed by atoms with Crippen molar-refractivity contribution in [3.8, 4) is 0 Å². The van der Waals surface area contributed by atoms with Crippen molar-refractivity contribution in [3.63, 3.8) is 0 Å². The van der Waals surface area contributed by atoms with Gasteiger partial charge in [-0.15, -0.1) is 0 Å². The largest absolute Gasteiger partial charge is 0.311 e. The summed E-state index contributed by atoms with van der Waals surface area (Å²) in [5, 5.41) is 8.08. The predicted octanol–water partition coefficient (Wildman–Crippen LogP) is 3.20. The van der Waals surface area contributed by atoms with E-state index in [0.29, 0.717) is 11.6 Å². The minimum absolute atomic E-state index is 0.645. The number of nitrogens with one attached hydrogen (secondary N) is 1. The van der Waals surface area contributed by atoms with E-state index in [4.69, 9.17) is 23.2 Å². The first kappa shape index (κ1) is 11.1. The van der Waals surface area contributed by atoms with Crippen LogP contribution in [0.5, 0.6) is 0 Å². The third-order valence-electron chi connectivity index (χ3n) is 1.58. The van der Waals surface area contributed by atoms with Gasteiger partial charge in [0.2, 0.25) is 0 Å². The molecule has 1 N–H and O–H groups in total. The second kappa shape index (κ2) is 6.44. The highest BCUT2D eigenvalue weighted by molar-refractivity contribution is 7.07. The third kappa shape index (κ3) is 4.67. The lowest BCUT2D eigenvalue weighted by Crippen LogP contribution is -2.18. The van der Waals surface area contributed by atoms with Gasteiger partial charge in [0, 0.05) is 17.1 Å². The molecule has 0 fully saturated rings. The summed E-state index contributed by atoms with van der Waals surface area (Å²) >= 11 is 12.8. The number of hydrogen-bond acceptors (Lipinski definition) is 2. The Labute approximate surface area is 92.4 Å². The van der Waals surface area contributed by atoms with E-state index in [0.717, 1.165) is 13.0 Å². The van der Waals surface area contributed by atoms with E-state index in [9.17, 15) is 0 Å². The molecule has 1 aromatic rings. The van der Waals surface area contributed by atoms with Gasteiger partial charge in [-0.3, -0.25) is 0 Å². The Morgan fingerprint density at radius 1 is 1.62 bits per heavy atom. The molecule has 0 aromatic carbocycles. The maximum atomic E-state index is 5.69. The fourth-order valence-corrected chi connectivity index (χ4v) is 1.79. The second-order valence-corrected chi connectivity index (χ2v) is 4.10. The molecule has 0 aliphatic rings. The normalized spacial score (nSPS) is 12.0. The first-order chi connectivity index (χ1) is 6.33. The standard InChI is InChI=1S/C9H11Cl2NS/c10-5-9(11)6-12-3-1-8-2-4-13-7-8/h2,4-5,7,12H,1,3,6H2. The first-order valence-corrected chi connectivity index (χ1v) is 5.75. The van der Waals surface area contributed by atoms with Gasteiger partial charge >= 0.3 is 0 Å². The molecule has 0 atom stereocenters. The number of thiophene rings is 1. The molecular formula is C9H11Cl2NS. The molecule has 0 aliphatic carbocycles. The molecule has 0 saturated carbocycles. The van der Waals surface area contributed by atoms with E-state index < -0.39 is 0 Å². The number of halogens is 2. The summed E-state index contributed by atoms with van der Waals surface area (Å²) < 4.78 is 0. The van der Waals surface area contributed by atoms with E-state index in [1.165, 1.54) is 11.1 Å². The van der Waals surface area contributed by atoms with Crippen molar-refractivity contribution in [1.82, 2.24) is 5.32 Å². The van der Waals surface area contributed by atoms with E-state index in [1.54, 1.807) is 11.3 Å². The molecule has 1 rings (SSSR count). The molecule has 0 amide bonds. The van der Waals surface area contributed by atoms with Crippen LogP contribution in [0.3, 0.4) is 0 Å². The molecule has 0 spiro atoms. The van der Waals surface area contributed by atoms with Crippen LogP contribution in [-0.2, 0) is 6.42 Å². The maximum absolute atomic E-state index is 5.69. The van der Waals surface area contributed by atoms with Crippen LogP contribution in [0.15, 0.2) is 27.4 Å². The highest BCUT2D eigenvalue weighted by Crippen LogP contribution is 2.06. The topological polar surface area (TPSA) is 12.0 Å². The smallest absolute Gasteiger partial charge is 0.0431 e. The lowest BCUT2D eigenvalue weighted by Gasteiger charge is -2.01. The van der Waals surface area contributed by atoms with Crippen LogP contribution in [0.4, 0.5) is 0 Å². The van der Waals surface area contributed by atoms with Gasteiger partial charge < -0.3 is 5.32 Å². The fourth-order valence-electron chi connectivity index (χ4n) is 0.914. The Morgan fingerprint density at radius 3 is 3.08 bits per heavy atom. The molecule has 0 bridgehead atoms. The molecule has 0 unspecified atom stereocenters. The van der Waals surface area contributed by atoms with Crippen molar-refractivity contribution >= 4 is 34.5 Å². The van der Waals surface area contributed by atoms with Crippen LogP contribution < -0.4 is 5.32 Å². The van der Waals surface area contributed by atoms with Crippen LogP contribution in [0.1, 0.15) is 5.56 Å². The summed E-state index contributed by atoms with van der Waals surface area (Å²) in [6.45, 7) is 1.58. The Hall–Kier alpha value is -0.0200. The minimum atomic E-state index is 0.645. The lowest BCUT2D eigenvalue weighted by molar-refractivity contribution is 0.741. The molecule has 0 aliphatic heterocycles. The van der Waals surface area contributed by atoms with Crippen molar-refractivity contribution in [2.45, 2.75) is 6.42 Å². The van der Waals surface area contributed by atoms with Gasteiger partial charge in [0.05, 0.1) is 0 Å². The van der Waals surface area contributed by atoms with Gasteiger partial charge in [-0.05, 0) is 35.4 Å². The zero-order valence-electron chi connectivity index (χ0n) is 7.09.